The quantitative estimate of drug-likeness (QED) is 0.522. The molecule has 2 aromatic carbocycles. The van der Waals surface area contributed by atoms with Crippen molar-refractivity contribution in [1.29, 1.82) is 0 Å². The Labute approximate surface area is 173 Å². The van der Waals surface area contributed by atoms with Crippen LogP contribution in [0.15, 0.2) is 48.5 Å². The standard InChI is InChI=1S/C24H31N5/c1-3-29(4-2)20-16-14-19(15-17-20)26-24-27-22-13-9-8-12-21(22)23(28-24)25-18-10-6-5-7-11-18/h8-9,12-18H,3-7,10-11H2,1-2H3,(H2,25,26,27,28). The molecule has 0 radical (unpaired) electrons. The first kappa shape index (κ1) is 19.5. The maximum absolute atomic E-state index is 4.84. The molecule has 1 fully saturated rings. The summed E-state index contributed by atoms with van der Waals surface area (Å²) in [4.78, 5) is 11.9. The summed E-state index contributed by atoms with van der Waals surface area (Å²) in [5.41, 5.74) is 3.20. The number of aromatic nitrogens is 2. The molecule has 152 valence electrons. The molecule has 0 aliphatic heterocycles. The normalized spacial score (nSPS) is 14.7. The average molecular weight is 390 g/mol. The lowest BCUT2D eigenvalue weighted by Crippen LogP contribution is -2.23. The first-order valence-corrected chi connectivity index (χ1v) is 10.9. The second-order valence-electron chi connectivity index (χ2n) is 7.74. The highest BCUT2D eigenvalue weighted by atomic mass is 15.2. The van der Waals surface area contributed by atoms with Crippen LogP contribution in [-0.4, -0.2) is 29.1 Å². The summed E-state index contributed by atoms with van der Waals surface area (Å²) in [6.07, 6.45) is 6.37. The summed E-state index contributed by atoms with van der Waals surface area (Å²) in [5, 5.41) is 8.17. The number of benzene rings is 2. The molecule has 0 saturated heterocycles. The van der Waals surface area contributed by atoms with Crippen molar-refractivity contribution in [1.82, 2.24) is 9.97 Å². The molecular formula is C24H31N5. The fourth-order valence-corrected chi connectivity index (χ4v) is 4.16. The Morgan fingerprint density at radius 2 is 1.62 bits per heavy atom. The van der Waals surface area contributed by atoms with Gasteiger partial charge in [-0.15, -0.1) is 0 Å². The maximum atomic E-state index is 4.84. The third-order valence-corrected chi connectivity index (χ3v) is 5.80. The summed E-state index contributed by atoms with van der Waals surface area (Å²) in [7, 11) is 0. The molecule has 2 N–H and O–H groups in total. The molecule has 0 unspecified atom stereocenters. The maximum Gasteiger partial charge on any atom is 0.229 e. The van der Waals surface area contributed by atoms with Crippen LogP contribution in [0.1, 0.15) is 46.0 Å². The molecule has 1 heterocycles. The van der Waals surface area contributed by atoms with E-state index < -0.39 is 0 Å². The molecule has 0 atom stereocenters. The SMILES string of the molecule is CCN(CC)c1ccc(Nc2nc(NC3CCCCC3)c3ccccc3n2)cc1. The fraction of sp³-hybridized carbons (Fsp3) is 0.417. The number of rotatable bonds is 7. The zero-order valence-corrected chi connectivity index (χ0v) is 17.5. The van der Waals surface area contributed by atoms with Crippen LogP contribution >= 0.6 is 0 Å². The van der Waals surface area contributed by atoms with Gasteiger partial charge in [0.25, 0.3) is 0 Å². The average Bonchev–Trinajstić information content (AvgIpc) is 2.76. The third-order valence-electron chi connectivity index (χ3n) is 5.80. The van der Waals surface area contributed by atoms with E-state index in [0.29, 0.717) is 12.0 Å². The van der Waals surface area contributed by atoms with E-state index in [4.69, 9.17) is 9.97 Å². The van der Waals surface area contributed by atoms with Crippen molar-refractivity contribution in [2.75, 3.05) is 28.6 Å². The highest BCUT2D eigenvalue weighted by Crippen LogP contribution is 2.28. The van der Waals surface area contributed by atoms with E-state index >= 15 is 0 Å². The highest BCUT2D eigenvalue weighted by molar-refractivity contribution is 5.90. The molecule has 0 amide bonds. The van der Waals surface area contributed by atoms with Gasteiger partial charge >= 0.3 is 0 Å². The largest absolute Gasteiger partial charge is 0.372 e. The van der Waals surface area contributed by atoms with Gasteiger partial charge in [0.05, 0.1) is 5.52 Å². The van der Waals surface area contributed by atoms with Crippen molar-refractivity contribution in [3.63, 3.8) is 0 Å². The number of para-hydroxylation sites is 1. The van der Waals surface area contributed by atoms with Gasteiger partial charge in [-0.1, -0.05) is 31.4 Å². The molecule has 4 rings (SSSR count). The molecule has 3 aromatic rings. The Hall–Kier alpha value is -2.82. The second kappa shape index (κ2) is 9.12. The van der Waals surface area contributed by atoms with Gasteiger partial charge in [0.1, 0.15) is 5.82 Å². The van der Waals surface area contributed by atoms with E-state index in [9.17, 15) is 0 Å². The van der Waals surface area contributed by atoms with Gasteiger partial charge in [0.2, 0.25) is 5.95 Å². The van der Waals surface area contributed by atoms with Crippen molar-refractivity contribution >= 4 is 34.0 Å². The van der Waals surface area contributed by atoms with Gasteiger partial charge in [0, 0.05) is 35.9 Å². The van der Waals surface area contributed by atoms with Crippen molar-refractivity contribution in [2.24, 2.45) is 0 Å². The van der Waals surface area contributed by atoms with Crippen molar-refractivity contribution < 1.29 is 0 Å². The summed E-state index contributed by atoms with van der Waals surface area (Å²) < 4.78 is 0. The molecular weight excluding hydrogens is 358 g/mol. The van der Waals surface area contributed by atoms with E-state index in [-0.39, 0.29) is 0 Å². The Morgan fingerprint density at radius 1 is 0.897 bits per heavy atom. The van der Waals surface area contributed by atoms with Crippen molar-refractivity contribution in [3.05, 3.63) is 48.5 Å². The zero-order valence-electron chi connectivity index (χ0n) is 17.5. The van der Waals surface area contributed by atoms with Crippen LogP contribution < -0.4 is 15.5 Å². The van der Waals surface area contributed by atoms with E-state index in [1.807, 2.05) is 6.07 Å². The number of fused-ring (bicyclic) bond motifs is 1. The number of anilines is 4. The van der Waals surface area contributed by atoms with Crippen LogP contribution in [0.5, 0.6) is 0 Å². The lowest BCUT2D eigenvalue weighted by Gasteiger charge is -2.24. The summed E-state index contributed by atoms with van der Waals surface area (Å²) >= 11 is 0. The predicted octanol–water partition coefficient (Wildman–Crippen LogP) is 5.96. The molecule has 5 heteroatoms. The molecule has 0 spiro atoms. The number of hydrogen-bond donors (Lipinski definition) is 2. The number of hydrogen-bond acceptors (Lipinski definition) is 5. The Balaban J connectivity index is 1.58. The Morgan fingerprint density at radius 3 is 2.34 bits per heavy atom. The van der Waals surface area contributed by atoms with Gasteiger partial charge < -0.3 is 15.5 Å². The van der Waals surface area contributed by atoms with Crippen LogP contribution in [0.4, 0.5) is 23.1 Å². The summed E-state index contributed by atoms with van der Waals surface area (Å²) in [6, 6.07) is 17.2. The second-order valence-corrected chi connectivity index (χ2v) is 7.74. The molecule has 29 heavy (non-hydrogen) atoms. The molecule has 0 bridgehead atoms. The first-order valence-electron chi connectivity index (χ1n) is 10.9. The minimum absolute atomic E-state index is 0.503. The fourth-order valence-electron chi connectivity index (χ4n) is 4.16. The molecule has 1 aromatic heterocycles. The predicted molar refractivity (Wildman–Crippen MR) is 123 cm³/mol. The monoisotopic (exact) mass is 389 g/mol. The number of nitrogens with one attached hydrogen (secondary N) is 2. The third kappa shape index (κ3) is 4.61. The van der Waals surface area contributed by atoms with Crippen molar-refractivity contribution in [2.45, 2.75) is 52.0 Å². The Bertz CT molecular complexity index is 928. The van der Waals surface area contributed by atoms with Gasteiger partial charge in [-0.2, -0.15) is 4.98 Å². The minimum atomic E-state index is 0.503. The lowest BCUT2D eigenvalue weighted by molar-refractivity contribution is 0.462. The van der Waals surface area contributed by atoms with Gasteiger partial charge in [-0.3, -0.25) is 0 Å². The Kier molecular flexibility index (Phi) is 6.13. The molecule has 1 aliphatic rings. The molecule has 1 saturated carbocycles. The minimum Gasteiger partial charge on any atom is -0.372 e. The van der Waals surface area contributed by atoms with E-state index in [1.165, 1.54) is 37.8 Å². The first-order chi connectivity index (χ1) is 14.3. The molecule has 1 aliphatic carbocycles. The summed E-state index contributed by atoms with van der Waals surface area (Å²) in [5.74, 6) is 1.57. The van der Waals surface area contributed by atoms with E-state index in [0.717, 1.165) is 35.5 Å². The highest BCUT2D eigenvalue weighted by Gasteiger charge is 2.16. The van der Waals surface area contributed by atoms with Gasteiger partial charge in [-0.05, 0) is 63.1 Å². The topological polar surface area (TPSA) is 53.1 Å². The number of nitrogens with zero attached hydrogens (tertiary/aromatic N) is 3. The van der Waals surface area contributed by atoms with E-state index in [1.54, 1.807) is 0 Å². The van der Waals surface area contributed by atoms with Crippen LogP contribution in [0, 0.1) is 0 Å². The smallest absolute Gasteiger partial charge is 0.229 e. The molecule has 5 nitrogen and oxygen atoms in total. The van der Waals surface area contributed by atoms with Gasteiger partial charge in [0.15, 0.2) is 0 Å². The lowest BCUT2D eigenvalue weighted by atomic mass is 9.95. The van der Waals surface area contributed by atoms with Crippen LogP contribution in [-0.2, 0) is 0 Å². The van der Waals surface area contributed by atoms with Crippen LogP contribution in [0.2, 0.25) is 0 Å². The van der Waals surface area contributed by atoms with E-state index in [2.05, 4.69) is 71.8 Å². The zero-order chi connectivity index (χ0) is 20.1. The van der Waals surface area contributed by atoms with Crippen molar-refractivity contribution in [3.8, 4) is 0 Å². The summed E-state index contributed by atoms with van der Waals surface area (Å²) in [6.45, 7) is 6.37. The van der Waals surface area contributed by atoms with Crippen LogP contribution in [0.25, 0.3) is 10.9 Å². The van der Waals surface area contributed by atoms with Gasteiger partial charge in [-0.25, -0.2) is 4.98 Å². The van der Waals surface area contributed by atoms with Crippen LogP contribution in [0.3, 0.4) is 0 Å².